The Labute approximate surface area is 400 Å². The first-order chi connectivity index (χ1) is 32.0. The molecule has 0 aromatic carbocycles. The average Bonchev–Trinajstić information content (AvgIpc) is 3.30. The minimum Gasteiger partial charge on any atom is -0.462 e. The van der Waals surface area contributed by atoms with E-state index in [-0.39, 0.29) is 37.5 Å². The van der Waals surface area contributed by atoms with Gasteiger partial charge in [-0.2, -0.15) is 0 Å². The van der Waals surface area contributed by atoms with Crippen LogP contribution in [0.2, 0.25) is 0 Å². The summed E-state index contributed by atoms with van der Waals surface area (Å²) in [6, 6.07) is 0. The number of ether oxygens (including phenoxy) is 3. The molecule has 6 heteroatoms. The van der Waals surface area contributed by atoms with E-state index in [2.05, 4.69) is 45.1 Å². The lowest BCUT2D eigenvalue weighted by Gasteiger charge is -2.18. The molecule has 0 saturated heterocycles. The van der Waals surface area contributed by atoms with E-state index < -0.39 is 6.10 Å². The Balaban J connectivity index is 4.46. The first-order valence-corrected chi connectivity index (χ1v) is 26.5. The van der Waals surface area contributed by atoms with Gasteiger partial charge in [-0.15, -0.1) is 0 Å². The van der Waals surface area contributed by atoms with Gasteiger partial charge in [-0.25, -0.2) is 0 Å². The van der Waals surface area contributed by atoms with Crippen molar-refractivity contribution in [2.24, 2.45) is 0 Å². The highest BCUT2D eigenvalue weighted by Gasteiger charge is 2.19. The van der Waals surface area contributed by atoms with Crippen molar-refractivity contribution in [3.63, 3.8) is 0 Å². The lowest BCUT2D eigenvalue weighted by atomic mass is 10.0. The van der Waals surface area contributed by atoms with Crippen molar-refractivity contribution in [3.05, 3.63) is 109 Å². The Hall–Kier alpha value is -3.93. The molecule has 0 saturated carbocycles. The number of carbonyl (C=O) groups is 3. The lowest BCUT2D eigenvalue weighted by molar-refractivity contribution is -0.167. The molecule has 0 aromatic rings. The van der Waals surface area contributed by atoms with Gasteiger partial charge in [-0.1, -0.05) is 259 Å². The predicted octanol–water partition coefficient (Wildman–Crippen LogP) is 17.5. The molecular weight excluding hydrogens is 805 g/mol. The molecule has 0 spiro atoms. The van der Waals surface area contributed by atoms with E-state index in [1.54, 1.807) is 0 Å². The van der Waals surface area contributed by atoms with E-state index in [1.165, 1.54) is 103 Å². The first kappa shape index (κ1) is 61.1. The zero-order chi connectivity index (χ0) is 47.2. The van der Waals surface area contributed by atoms with E-state index >= 15 is 0 Å². The van der Waals surface area contributed by atoms with Gasteiger partial charge in [-0.05, 0) is 57.8 Å². The van der Waals surface area contributed by atoms with Crippen LogP contribution >= 0.6 is 0 Å². The Bertz CT molecular complexity index is 1360. The van der Waals surface area contributed by atoms with Crippen LogP contribution in [0.5, 0.6) is 0 Å². The molecule has 1 atom stereocenters. The summed E-state index contributed by atoms with van der Waals surface area (Å²) in [6.07, 6.45) is 70.8. The Morgan fingerprint density at radius 3 is 0.938 bits per heavy atom. The Kier molecular flexibility index (Phi) is 49.5. The van der Waals surface area contributed by atoms with Crippen LogP contribution in [-0.4, -0.2) is 37.2 Å². The van der Waals surface area contributed by atoms with E-state index in [1.807, 2.05) is 85.1 Å². The predicted molar refractivity (Wildman–Crippen MR) is 279 cm³/mol. The second-order valence-electron chi connectivity index (χ2n) is 17.2. The second kappa shape index (κ2) is 52.7. The molecule has 6 nitrogen and oxygen atoms in total. The van der Waals surface area contributed by atoms with Crippen LogP contribution in [0, 0.1) is 0 Å². The van der Waals surface area contributed by atoms with Crippen LogP contribution in [0.4, 0.5) is 0 Å². The van der Waals surface area contributed by atoms with Crippen LogP contribution in [0.15, 0.2) is 109 Å². The summed E-state index contributed by atoms with van der Waals surface area (Å²) >= 11 is 0. The van der Waals surface area contributed by atoms with E-state index in [9.17, 15) is 14.4 Å². The van der Waals surface area contributed by atoms with E-state index in [4.69, 9.17) is 14.2 Å². The zero-order valence-corrected chi connectivity index (χ0v) is 42.0. The Morgan fingerprint density at radius 1 is 0.323 bits per heavy atom. The van der Waals surface area contributed by atoms with Gasteiger partial charge in [0.25, 0.3) is 0 Å². The third-order valence-electron chi connectivity index (χ3n) is 11.0. The third-order valence-corrected chi connectivity index (χ3v) is 11.0. The topological polar surface area (TPSA) is 78.9 Å². The van der Waals surface area contributed by atoms with Crippen molar-refractivity contribution in [3.8, 4) is 0 Å². The van der Waals surface area contributed by atoms with Gasteiger partial charge in [0.2, 0.25) is 0 Å². The number of allylic oxidation sites excluding steroid dienone is 18. The summed E-state index contributed by atoms with van der Waals surface area (Å²) in [5.74, 6) is -0.993. The highest BCUT2D eigenvalue weighted by Crippen LogP contribution is 2.16. The maximum atomic E-state index is 12.8. The normalized spacial score (nSPS) is 13.0. The first-order valence-electron chi connectivity index (χ1n) is 26.5. The molecule has 0 amide bonds. The van der Waals surface area contributed by atoms with Crippen molar-refractivity contribution in [2.45, 2.75) is 232 Å². The number of rotatable bonds is 46. The molecule has 1 unspecified atom stereocenters. The number of unbranched alkanes of at least 4 members (excludes halogenated alkanes) is 24. The fraction of sp³-hybridized carbons (Fsp3) is 0.644. The van der Waals surface area contributed by atoms with Crippen LogP contribution in [0.1, 0.15) is 226 Å². The van der Waals surface area contributed by atoms with Crippen molar-refractivity contribution in [2.75, 3.05) is 13.2 Å². The van der Waals surface area contributed by atoms with Gasteiger partial charge in [0.05, 0.1) is 0 Å². The largest absolute Gasteiger partial charge is 0.462 e. The highest BCUT2D eigenvalue weighted by molar-refractivity contribution is 5.71. The molecule has 0 rings (SSSR count). The second-order valence-corrected chi connectivity index (χ2v) is 17.2. The van der Waals surface area contributed by atoms with Crippen molar-refractivity contribution < 1.29 is 28.6 Å². The molecule has 0 radical (unpaired) electrons. The van der Waals surface area contributed by atoms with E-state index in [0.717, 1.165) is 77.0 Å². The van der Waals surface area contributed by atoms with Gasteiger partial charge in [0.1, 0.15) is 13.2 Å². The van der Waals surface area contributed by atoms with Crippen LogP contribution < -0.4 is 0 Å². The third kappa shape index (κ3) is 50.9. The number of carbonyl (C=O) groups excluding carboxylic acids is 3. The highest BCUT2D eigenvalue weighted by atomic mass is 16.6. The molecule has 0 N–H and O–H groups in total. The fourth-order valence-corrected chi connectivity index (χ4v) is 7.06. The lowest BCUT2D eigenvalue weighted by Crippen LogP contribution is -2.30. The number of esters is 3. The minimum absolute atomic E-state index is 0.108. The van der Waals surface area contributed by atoms with Gasteiger partial charge < -0.3 is 14.2 Å². The molecule has 0 aromatic heterocycles. The SMILES string of the molecule is CC/C=C/C=C/C=C/C=C/C=C/CCCCCC(=O)OC(COC(=O)CCCCC/C=C/C=C/C=C/C=C/CC)COC(=O)CCCCCCCCCCCCCCCCCCCCC. The molecule has 0 heterocycles. The van der Waals surface area contributed by atoms with Crippen LogP contribution in [0.3, 0.4) is 0 Å². The maximum absolute atomic E-state index is 12.8. The van der Waals surface area contributed by atoms with Crippen LogP contribution in [0.25, 0.3) is 0 Å². The molecular formula is C59H96O6. The molecule has 65 heavy (non-hydrogen) atoms. The molecule has 0 aliphatic heterocycles. The molecule has 0 bridgehead atoms. The van der Waals surface area contributed by atoms with Gasteiger partial charge in [0, 0.05) is 19.3 Å². The minimum atomic E-state index is -0.816. The number of hydrogen-bond acceptors (Lipinski definition) is 6. The quantitative estimate of drug-likeness (QED) is 0.0262. The van der Waals surface area contributed by atoms with Crippen LogP contribution in [-0.2, 0) is 28.6 Å². The van der Waals surface area contributed by atoms with Crippen molar-refractivity contribution in [1.29, 1.82) is 0 Å². The Morgan fingerprint density at radius 2 is 0.600 bits per heavy atom. The van der Waals surface area contributed by atoms with Crippen molar-refractivity contribution in [1.82, 2.24) is 0 Å². The monoisotopic (exact) mass is 901 g/mol. The summed E-state index contributed by atoms with van der Waals surface area (Å²) in [4.78, 5) is 38.0. The molecule has 368 valence electrons. The fourth-order valence-electron chi connectivity index (χ4n) is 7.06. The number of hydrogen-bond donors (Lipinski definition) is 0. The summed E-state index contributed by atoms with van der Waals surface area (Å²) in [7, 11) is 0. The zero-order valence-electron chi connectivity index (χ0n) is 42.0. The summed E-state index contributed by atoms with van der Waals surface area (Å²) in [5, 5.41) is 0. The van der Waals surface area contributed by atoms with E-state index in [0.29, 0.717) is 19.3 Å². The van der Waals surface area contributed by atoms with Gasteiger partial charge in [0.15, 0.2) is 6.10 Å². The average molecular weight is 901 g/mol. The molecule has 0 aliphatic rings. The maximum Gasteiger partial charge on any atom is 0.306 e. The standard InChI is InChI=1S/C59H96O6/c1-4-7-10-13-16-19-22-25-27-28-29-30-32-34-37-40-43-46-49-52-58(61)64-55-56(54-63-57(60)51-48-45-42-39-36-33-24-21-18-15-12-9-6-3)65-59(62)53-50-47-44-41-38-35-31-26-23-20-17-14-11-8-5-2/h8-9,11-12,14-15,17-18,20-21,23-24,26,31,33,35-36,38,56H,4-7,10,13,16,19,22,25,27-30,32,34,37,39-55H2,1-3H3/b11-8+,12-9+,17-14+,18-15+,23-20+,24-21+,31-26+,36-33+,38-35+. The summed E-state index contributed by atoms with van der Waals surface area (Å²) in [6.45, 7) is 6.28. The summed E-state index contributed by atoms with van der Waals surface area (Å²) < 4.78 is 16.7. The molecule has 0 aliphatic carbocycles. The van der Waals surface area contributed by atoms with Gasteiger partial charge >= 0.3 is 17.9 Å². The summed E-state index contributed by atoms with van der Waals surface area (Å²) in [5.41, 5.74) is 0. The van der Waals surface area contributed by atoms with Crippen molar-refractivity contribution >= 4 is 17.9 Å². The van der Waals surface area contributed by atoms with Gasteiger partial charge in [-0.3, -0.25) is 14.4 Å². The molecule has 0 fully saturated rings. The smallest absolute Gasteiger partial charge is 0.306 e.